The molecule has 0 aliphatic rings. The molecule has 2 aromatic heterocycles. The zero-order chi connectivity index (χ0) is 27.3. The molecular formula is C27H28FN7O2. The third kappa shape index (κ3) is 6.04. The van der Waals surface area contributed by atoms with E-state index < -0.39 is 11.7 Å². The van der Waals surface area contributed by atoms with Crippen molar-refractivity contribution in [2.45, 2.75) is 13.8 Å². The fourth-order valence-electron chi connectivity index (χ4n) is 3.53. The molecule has 0 atom stereocenters. The number of hydrogen-bond acceptors (Lipinski definition) is 7. The van der Waals surface area contributed by atoms with Gasteiger partial charge in [0.15, 0.2) is 5.69 Å². The van der Waals surface area contributed by atoms with E-state index in [0.717, 1.165) is 0 Å². The minimum Gasteiger partial charge on any atom is -0.397 e. The van der Waals surface area contributed by atoms with E-state index in [9.17, 15) is 14.0 Å². The van der Waals surface area contributed by atoms with Gasteiger partial charge in [0.05, 0.1) is 17.1 Å². The van der Waals surface area contributed by atoms with E-state index in [1.807, 2.05) is 6.92 Å². The number of halogens is 1. The van der Waals surface area contributed by atoms with Gasteiger partial charge in [-0.2, -0.15) is 0 Å². The summed E-state index contributed by atoms with van der Waals surface area (Å²) < 4.78 is 14.7. The maximum atomic E-state index is 14.7. The minimum absolute atomic E-state index is 0.0581. The van der Waals surface area contributed by atoms with Crippen LogP contribution in [0.1, 0.15) is 39.2 Å². The Labute approximate surface area is 214 Å². The van der Waals surface area contributed by atoms with Crippen LogP contribution < -0.4 is 16.8 Å². The van der Waals surface area contributed by atoms with E-state index in [4.69, 9.17) is 11.5 Å². The molecule has 10 heteroatoms. The smallest absolute Gasteiger partial charge is 0.276 e. The van der Waals surface area contributed by atoms with Crippen molar-refractivity contribution in [3.8, 4) is 11.3 Å². The number of nitrogen functional groups attached to an aromatic ring is 2. The Kier molecular flexibility index (Phi) is 8.13. The standard InChI is InChI=1S/C27H28FN7O2/c1-6-8-17(23-13-15(3)31-27(30)34-23)21(7-2)33-25(36)24-20(29)11-12-22(32-24)18-14-16(9-10-19(18)28)26(37)35(4)5/h6-14H,2,29H2,1,3-5H3,(H,33,36)(H2,30,31,34)/b8-6-,21-17-. The number of anilines is 2. The zero-order valence-electron chi connectivity index (χ0n) is 21.0. The summed E-state index contributed by atoms with van der Waals surface area (Å²) in [4.78, 5) is 39.7. The van der Waals surface area contributed by atoms with Crippen LogP contribution in [-0.4, -0.2) is 45.8 Å². The SMILES string of the molecule is C=C/C(NC(=O)c1nc(-c2cc(C(=O)N(C)C)ccc2F)ccc1N)=C(\C=C/C)c1cc(C)nc(N)n1. The molecule has 2 heterocycles. The maximum absolute atomic E-state index is 14.7. The summed E-state index contributed by atoms with van der Waals surface area (Å²) in [6.45, 7) is 7.39. The van der Waals surface area contributed by atoms with E-state index in [1.54, 1.807) is 39.2 Å². The number of carbonyl (C=O) groups excluding carboxylic acids is 2. The second-order valence-electron chi connectivity index (χ2n) is 8.27. The van der Waals surface area contributed by atoms with Crippen LogP contribution in [0.2, 0.25) is 0 Å². The minimum atomic E-state index is -0.643. The number of nitrogens with two attached hydrogens (primary N) is 2. The van der Waals surface area contributed by atoms with Gasteiger partial charge >= 0.3 is 0 Å². The average molecular weight is 502 g/mol. The number of carbonyl (C=O) groups is 2. The van der Waals surface area contributed by atoms with Crippen LogP contribution in [0.25, 0.3) is 16.8 Å². The molecule has 37 heavy (non-hydrogen) atoms. The van der Waals surface area contributed by atoms with Crippen molar-refractivity contribution in [3.63, 3.8) is 0 Å². The quantitative estimate of drug-likeness (QED) is 0.419. The highest BCUT2D eigenvalue weighted by Gasteiger charge is 2.19. The fourth-order valence-corrected chi connectivity index (χ4v) is 3.53. The highest BCUT2D eigenvalue weighted by molar-refractivity contribution is 6.00. The fraction of sp³-hybridized carbons (Fsp3) is 0.148. The van der Waals surface area contributed by atoms with Gasteiger partial charge < -0.3 is 21.7 Å². The van der Waals surface area contributed by atoms with E-state index in [0.29, 0.717) is 22.7 Å². The molecule has 0 aliphatic carbocycles. The monoisotopic (exact) mass is 501 g/mol. The molecule has 0 saturated heterocycles. The third-order valence-corrected chi connectivity index (χ3v) is 5.26. The Morgan fingerprint density at radius 3 is 2.43 bits per heavy atom. The van der Waals surface area contributed by atoms with Crippen molar-refractivity contribution in [2.75, 3.05) is 25.6 Å². The highest BCUT2D eigenvalue weighted by Crippen LogP contribution is 2.26. The van der Waals surface area contributed by atoms with Gasteiger partial charge in [-0.15, -0.1) is 0 Å². The summed E-state index contributed by atoms with van der Waals surface area (Å²) in [6.07, 6.45) is 4.97. The normalized spacial score (nSPS) is 11.7. The summed E-state index contributed by atoms with van der Waals surface area (Å²) in [5, 5.41) is 2.76. The Balaban J connectivity index is 2.05. The van der Waals surface area contributed by atoms with Crippen molar-refractivity contribution < 1.29 is 14.0 Å². The van der Waals surface area contributed by atoms with E-state index >= 15 is 0 Å². The van der Waals surface area contributed by atoms with Crippen LogP contribution in [0.4, 0.5) is 16.0 Å². The van der Waals surface area contributed by atoms with Gasteiger partial charge in [-0.3, -0.25) is 9.59 Å². The van der Waals surface area contributed by atoms with Gasteiger partial charge in [0.1, 0.15) is 5.82 Å². The molecule has 0 aliphatic heterocycles. The Bertz CT molecular complexity index is 1420. The molecule has 9 nitrogen and oxygen atoms in total. The molecule has 0 saturated carbocycles. The lowest BCUT2D eigenvalue weighted by atomic mass is 10.0. The molecule has 0 unspecified atom stereocenters. The molecule has 0 fully saturated rings. The number of allylic oxidation sites excluding steroid dienone is 4. The number of amides is 2. The number of nitrogens with one attached hydrogen (secondary N) is 1. The number of aromatic nitrogens is 3. The predicted octanol–water partition coefficient (Wildman–Crippen LogP) is 3.76. The van der Waals surface area contributed by atoms with Crippen LogP contribution in [-0.2, 0) is 0 Å². The molecule has 190 valence electrons. The van der Waals surface area contributed by atoms with Gasteiger partial charge in [-0.25, -0.2) is 19.3 Å². The van der Waals surface area contributed by atoms with Crippen molar-refractivity contribution in [1.29, 1.82) is 0 Å². The Morgan fingerprint density at radius 2 is 1.81 bits per heavy atom. The summed E-state index contributed by atoms with van der Waals surface area (Å²) in [7, 11) is 3.19. The number of nitrogens with zero attached hydrogens (tertiary/aromatic N) is 4. The molecule has 0 radical (unpaired) electrons. The van der Waals surface area contributed by atoms with Gasteiger partial charge in [0, 0.05) is 42.2 Å². The van der Waals surface area contributed by atoms with E-state index in [1.165, 1.54) is 41.3 Å². The first kappa shape index (κ1) is 26.7. The third-order valence-electron chi connectivity index (χ3n) is 5.26. The second kappa shape index (κ2) is 11.3. The molecule has 3 aromatic rings. The number of rotatable bonds is 7. The maximum Gasteiger partial charge on any atom is 0.276 e. The largest absolute Gasteiger partial charge is 0.397 e. The van der Waals surface area contributed by atoms with Crippen molar-refractivity contribution in [2.24, 2.45) is 0 Å². The van der Waals surface area contributed by atoms with Gasteiger partial charge in [-0.1, -0.05) is 18.7 Å². The predicted molar refractivity (Wildman–Crippen MR) is 143 cm³/mol. The van der Waals surface area contributed by atoms with Gasteiger partial charge in [0.25, 0.3) is 11.8 Å². The Hall–Kier alpha value is -4.86. The van der Waals surface area contributed by atoms with Crippen molar-refractivity contribution >= 4 is 29.0 Å². The average Bonchev–Trinajstić information content (AvgIpc) is 2.85. The number of benzene rings is 1. The lowest BCUT2D eigenvalue weighted by Gasteiger charge is -2.14. The zero-order valence-corrected chi connectivity index (χ0v) is 21.0. The molecule has 3 rings (SSSR count). The number of hydrogen-bond donors (Lipinski definition) is 3. The van der Waals surface area contributed by atoms with Crippen LogP contribution in [0, 0.1) is 12.7 Å². The first-order valence-electron chi connectivity index (χ1n) is 11.3. The van der Waals surface area contributed by atoms with Crippen LogP contribution in [0.5, 0.6) is 0 Å². The van der Waals surface area contributed by atoms with E-state index in [-0.39, 0.29) is 40.1 Å². The van der Waals surface area contributed by atoms with Crippen LogP contribution in [0.3, 0.4) is 0 Å². The summed E-state index contributed by atoms with van der Waals surface area (Å²) in [6, 6.07) is 8.61. The molecule has 2 amide bonds. The summed E-state index contributed by atoms with van der Waals surface area (Å²) >= 11 is 0. The highest BCUT2D eigenvalue weighted by atomic mass is 19.1. The summed E-state index contributed by atoms with van der Waals surface area (Å²) in [5.74, 6) is -1.46. The van der Waals surface area contributed by atoms with Gasteiger partial charge in [0.2, 0.25) is 5.95 Å². The lowest BCUT2D eigenvalue weighted by molar-refractivity contribution is 0.0827. The molecular weight excluding hydrogens is 473 g/mol. The molecule has 1 aromatic carbocycles. The molecule has 0 spiro atoms. The summed E-state index contributed by atoms with van der Waals surface area (Å²) in [5.41, 5.74) is 14.3. The topological polar surface area (TPSA) is 140 Å². The van der Waals surface area contributed by atoms with Gasteiger partial charge in [-0.05, 0) is 56.3 Å². The van der Waals surface area contributed by atoms with E-state index in [2.05, 4.69) is 26.8 Å². The first-order valence-corrected chi connectivity index (χ1v) is 11.3. The van der Waals surface area contributed by atoms with Crippen molar-refractivity contribution in [3.05, 3.63) is 95.4 Å². The molecule has 5 N–H and O–H groups in total. The number of pyridine rings is 1. The second-order valence-corrected chi connectivity index (χ2v) is 8.27. The Morgan fingerprint density at radius 1 is 1.08 bits per heavy atom. The van der Waals surface area contributed by atoms with Crippen LogP contribution >= 0.6 is 0 Å². The van der Waals surface area contributed by atoms with Crippen LogP contribution in [0.15, 0.2) is 66.9 Å². The molecule has 0 bridgehead atoms. The number of aryl methyl sites for hydroxylation is 1. The lowest BCUT2D eigenvalue weighted by Crippen LogP contribution is -2.25. The van der Waals surface area contributed by atoms with Crippen molar-refractivity contribution in [1.82, 2.24) is 25.2 Å². The first-order chi connectivity index (χ1) is 17.5.